The van der Waals surface area contributed by atoms with Crippen LogP contribution >= 0.6 is 0 Å². The fourth-order valence-corrected chi connectivity index (χ4v) is 1.59. The number of nitrogens with zero attached hydrogens (tertiary/aromatic N) is 1. The van der Waals surface area contributed by atoms with Crippen LogP contribution in [0.15, 0.2) is 59.6 Å². The zero-order chi connectivity index (χ0) is 12.8. The maximum absolute atomic E-state index is 10.7. The van der Waals surface area contributed by atoms with E-state index in [0.29, 0.717) is 17.1 Å². The van der Waals surface area contributed by atoms with Crippen LogP contribution in [0.2, 0.25) is 0 Å². The zero-order valence-corrected chi connectivity index (χ0v) is 10.0. The van der Waals surface area contributed by atoms with Crippen molar-refractivity contribution in [3.8, 4) is 0 Å². The summed E-state index contributed by atoms with van der Waals surface area (Å²) in [4.78, 5) is 15.1. The van der Waals surface area contributed by atoms with Crippen LogP contribution < -0.4 is 0 Å². The van der Waals surface area contributed by atoms with Gasteiger partial charge in [0, 0.05) is 11.1 Å². The van der Waals surface area contributed by atoms with E-state index in [0.717, 1.165) is 11.8 Å². The van der Waals surface area contributed by atoms with Crippen molar-refractivity contribution < 1.29 is 9.53 Å². The Labute approximate surface area is 106 Å². The van der Waals surface area contributed by atoms with Gasteiger partial charge in [-0.15, -0.1) is 0 Å². The maximum atomic E-state index is 10.7. The highest BCUT2D eigenvalue weighted by Gasteiger charge is 2.02. The van der Waals surface area contributed by atoms with Gasteiger partial charge in [0.25, 0.3) is 0 Å². The average Bonchev–Trinajstić information content (AvgIpc) is 2.46. The minimum atomic E-state index is 0.527. The molecule has 2 rings (SSSR count). The smallest absolute Gasteiger partial charge is 0.220 e. The van der Waals surface area contributed by atoms with E-state index in [4.69, 9.17) is 4.74 Å². The number of carbonyl (C=O) groups is 1. The first-order valence-electron chi connectivity index (χ1n) is 5.57. The topological polar surface area (TPSA) is 38.7 Å². The molecule has 0 fully saturated rings. The highest BCUT2D eigenvalue weighted by molar-refractivity contribution is 5.95. The summed E-state index contributed by atoms with van der Waals surface area (Å²) in [6.45, 7) is 0. The fraction of sp³-hybridized carbons (Fsp3) is 0.0667. The van der Waals surface area contributed by atoms with Crippen LogP contribution in [-0.4, -0.2) is 19.3 Å². The van der Waals surface area contributed by atoms with Crippen molar-refractivity contribution in [3.05, 3.63) is 65.7 Å². The van der Waals surface area contributed by atoms with Gasteiger partial charge in [-0.05, 0) is 24.3 Å². The first kappa shape index (κ1) is 12.0. The third kappa shape index (κ3) is 2.83. The molecule has 90 valence electrons. The van der Waals surface area contributed by atoms with Crippen LogP contribution in [0.5, 0.6) is 0 Å². The third-order valence-corrected chi connectivity index (χ3v) is 2.45. The summed E-state index contributed by atoms with van der Waals surface area (Å²) in [6.07, 6.45) is 0.800. The van der Waals surface area contributed by atoms with Crippen molar-refractivity contribution in [3.63, 3.8) is 0 Å². The molecule has 0 unspecified atom stereocenters. The standard InChI is InChI=1S/C15H13NO2/c1-18-15(13-7-3-2-4-8-13)16-14-9-5-6-12(10-14)11-17/h2-11H,1H3. The molecule has 2 aromatic rings. The van der Waals surface area contributed by atoms with E-state index in [1.165, 1.54) is 0 Å². The summed E-state index contributed by atoms with van der Waals surface area (Å²) in [7, 11) is 1.58. The normalized spacial score (nSPS) is 11.1. The number of hydrogen-bond donors (Lipinski definition) is 0. The highest BCUT2D eigenvalue weighted by Crippen LogP contribution is 2.15. The van der Waals surface area contributed by atoms with E-state index >= 15 is 0 Å². The highest BCUT2D eigenvalue weighted by atomic mass is 16.5. The van der Waals surface area contributed by atoms with Crippen molar-refractivity contribution in [2.24, 2.45) is 4.99 Å². The minimum Gasteiger partial charge on any atom is -0.481 e. The van der Waals surface area contributed by atoms with Gasteiger partial charge in [-0.3, -0.25) is 4.79 Å². The molecule has 0 saturated heterocycles. The van der Waals surface area contributed by atoms with Crippen molar-refractivity contribution >= 4 is 17.9 Å². The SMILES string of the molecule is COC(=Nc1cccc(C=O)c1)c1ccccc1. The molecule has 0 aromatic heterocycles. The van der Waals surface area contributed by atoms with Crippen molar-refractivity contribution in [1.82, 2.24) is 0 Å². The lowest BCUT2D eigenvalue weighted by Crippen LogP contribution is -2.02. The molecule has 0 radical (unpaired) electrons. The second-order valence-corrected chi connectivity index (χ2v) is 3.70. The first-order valence-corrected chi connectivity index (χ1v) is 5.57. The number of benzene rings is 2. The van der Waals surface area contributed by atoms with Gasteiger partial charge in [-0.25, -0.2) is 4.99 Å². The van der Waals surface area contributed by atoms with Gasteiger partial charge in [-0.1, -0.05) is 30.3 Å². The summed E-state index contributed by atoms with van der Waals surface area (Å²) in [6, 6.07) is 16.7. The lowest BCUT2D eigenvalue weighted by atomic mass is 10.2. The molecule has 0 saturated carbocycles. The van der Waals surface area contributed by atoms with E-state index in [1.807, 2.05) is 36.4 Å². The van der Waals surface area contributed by atoms with Crippen LogP contribution in [0, 0.1) is 0 Å². The van der Waals surface area contributed by atoms with Crippen LogP contribution in [0.3, 0.4) is 0 Å². The molecule has 0 aliphatic carbocycles. The summed E-state index contributed by atoms with van der Waals surface area (Å²) in [5, 5.41) is 0. The van der Waals surface area contributed by atoms with Gasteiger partial charge < -0.3 is 4.74 Å². The van der Waals surface area contributed by atoms with Crippen molar-refractivity contribution in [2.45, 2.75) is 0 Å². The van der Waals surface area contributed by atoms with Gasteiger partial charge in [0.1, 0.15) is 6.29 Å². The van der Waals surface area contributed by atoms with Crippen LogP contribution in [0.4, 0.5) is 5.69 Å². The molecule has 0 atom stereocenters. The number of hydrogen-bond acceptors (Lipinski definition) is 3. The molecule has 0 N–H and O–H groups in total. The summed E-state index contributed by atoms with van der Waals surface area (Å²) in [5.41, 5.74) is 2.19. The molecule has 18 heavy (non-hydrogen) atoms. The Hall–Kier alpha value is -2.42. The Balaban J connectivity index is 2.37. The molecule has 0 aliphatic rings. The number of aldehydes is 1. The second kappa shape index (κ2) is 5.77. The van der Waals surface area contributed by atoms with Gasteiger partial charge in [-0.2, -0.15) is 0 Å². The fourth-order valence-electron chi connectivity index (χ4n) is 1.59. The predicted molar refractivity (Wildman–Crippen MR) is 71.5 cm³/mol. The Kier molecular flexibility index (Phi) is 3.86. The van der Waals surface area contributed by atoms with E-state index in [2.05, 4.69) is 4.99 Å². The van der Waals surface area contributed by atoms with Crippen LogP contribution in [0.1, 0.15) is 15.9 Å². The molecule has 2 aromatic carbocycles. The quantitative estimate of drug-likeness (QED) is 0.468. The number of methoxy groups -OCH3 is 1. The van der Waals surface area contributed by atoms with Crippen LogP contribution in [-0.2, 0) is 4.74 Å². The van der Waals surface area contributed by atoms with E-state index in [9.17, 15) is 4.79 Å². The van der Waals surface area contributed by atoms with Crippen LogP contribution in [0.25, 0.3) is 0 Å². The van der Waals surface area contributed by atoms with E-state index < -0.39 is 0 Å². The Bertz CT molecular complexity index is 562. The number of aliphatic imine (C=N–C) groups is 1. The summed E-state index contributed by atoms with van der Waals surface area (Å²) in [5.74, 6) is 0.527. The maximum Gasteiger partial charge on any atom is 0.220 e. The predicted octanol–water partition coefficient (Wildman–Crippen LogP) is 3.22. The second-order valence-electron chi connectivity index (χ2n) is 3.70. The molecule has 0 spiro atoms. The zero-order valence-electron chi connectivity index (χ0n) is 10.0. The molecule has 3 heteroatoms. The van der Waals surface area contributed by atoms with E-state index in [1.54, 1.807) is 25.3 Å². The molecular formula is C15H13NO2. The lowest BCUT2D eigenvalue weighted by Gasteiger charge is -2.05. The van der Waals surface area contributed by atoms with Crippen molar-refractivity contribution in [1.29, 1.82) is 0 Å². The van der Waals surface area contributed by atoms with Gasteiger partial charge in [0.2, 0.25) is 5.90 Å². The van der Waals surface area contributed by atoms with Crippen molar-refractivity contribution in [2.75, 3.05) is 7.11 Å². The minimum absolute atomic E-state index is 0.527. The third-order valence-electron chi connectivity index (χ3n) is 2.45. The molecule has 0 heterocycles. The number of carbonyl (C=O) groups excluding carboxylic acids is 1. The molecule has 3 nitrogen and oxygen atoms in total. The number of rotatable bonds is 3. The Morgan fingerprint density at radius 1 is 1.11 bits per heavy atom. The Morgan fingerprint density at radius 3 is 2.56 bits per heavy atom. The molecular weight excluding hydrogens is 226 g/mol. The molecule has 0 bridgehead atoms. The van der Waals surface area contributed by atoms with Gasteiger partial charge >= 0.3 is 0 Å². The monoisotopic (exact) mass is 239 g/mol. The Morgan fingerprint density at radius 2 is 1.89 bits per heavy atom. The molecule has 0 aliphatic heterocycles. The first-order chi connectivity index (χ1) is 8.83. The van der Waals surface area contributed by atoms with Gasteiger partial charge in [0.15, 0.2) is 0 Å². The summed E-state index contributed by atoms with van der Waals surface area (Å²) >= 11 is 0. The lowest BCUT2D eigenvalue weighted by molar-refractivity contribution is 0.112. The number of ether oxygens (including phenoxy) is 1. The van der Waals surface area contributed by atoms with Gasteiger partial charge in [0.05, 0.1) is 12.8 Å². The molecule has 0 amide bonds. The summed E-state index contributed by atoms with van der Waals surface area (Å²) < 4.78 is 5.28. The average molecular weight is 239 g/mol. The van der Waals surface area contributed by atoms with E-state index in [-0.39, 0.29) is 0 Å². The largest absolute Gasteiger partial charge is 0.481 e.